The Bertz CT molecular complexity index is 275. The second-order valence-corrected chi connectivity index (χ2v) is 6.46. The third-order valence-electron chi connectivity index (χ3n) is 2.72. The van der Waals surface area contributed by atoms with E-state index in [1.165, 1.54) is 0 Å². The molecule has 0 aromatic rings. The average molecular weight is 220 g/mol. The molecule has 0 atom stereocenters. The zero-order valence-electron chi connectivity index (χ0n) is 8.99. The highest BCUT2D eigenvalue weighted by molar-refractivity contribution is 7.89. The molecule has 0 unspecified atom stereocenters. The fraction of sp³-hybridized carbons (Fsp3) is 1.00. The highest BCUT2D eigenvalue weighted by atomic mass is 32.2. The van der Waals surface area contributed by atoms with E-state index in [-0.39, 0.29) is 11.3 Å². The van der Waals surface area contributed by atoms with Crippen molar-refractivity contribution in [2.75, 3.05) is 18.8 Å². The fourth-order valence-electron chi connectivity index (χ4n) is 1.66. The van der Waals surface area contributed by atoms with Crippen LogP contribution in [0.5, 0.6) is 0 Å². The van der Waals surface area contributed by atoms with Crippen LogP contribution in [0, 0.1) is 0 Å². The second kappa shape index (κ2) is 4.16. The van der Waals surface area contributed by atoms with E-state index in [0.29, 0.717) is 19.5 Å². The number of hydrogen-bond donors (Lipinski definition) is 1. The Balaban J connectivity index is 2.58. The Morgan fingerprint density at radius 3 is 2.29 bits per heavy atom. The maximum atomic E-state index is 11.7. The van der Waals surface area contributed by atoms with Gasteiger partial charge in [-0.25, -0.2) is 12.7 Å². The summed E-state index contributed by atoms with van der Waals surface area (Å²) in [7, 11) is -3.01. The third-order valence-corrected chi connectivity index (χ3v) is 4.80. The first-order valence-electron chi connectivity index (χ1n) is 5.14. The highest BCUT2D eigenvalue weighted by Crippen LogP contribution is 2.21. The van der Waals surface area contributed by atoms with Crippen LogP contribution >= 0.6 is 0 Å². The summed E-state index contributed by atoms with van der Waals surface area (Å²) in [6.07, 6.45) is 2.20. The van der Waals surface area contributed by atoms with E-state index in [0.717, 1.165) is 12.8 Å². The molecule has 5 heteroatoms. The summed E-state index contributed by atoms with van der Waals surface area (Å²) in [5, 5.41) is 0. The topological polar surface area (TPSA) is 63.4 Å². The van der Waals surface area contributed by atoms with Gasteiger partial charge in [-0.3, -0.25) is 0 Å². The number of rotatable bonds is 3. The molecule has 1 aliphatic heterocycles. The third kappa shape index (κ3) is 2.93. The van der Waals surface area contributed by atoms with Crippen molar-refractivity contribution in [2.24, 2.45) is 5.73 Å². The number of hydrogen-bond acceptors (Lipinski definition) is 3. The van der Waals surface area contributed by atoms with Crippen LogP contribution in [-0.4, -0.2) is 37.1 Å². The van der Waals surface area contributed by atoms with E-state index in [1.54, 1.807) is 4.31 Å². The van der Waals surface area contributed by atoms with Gasteiger partial charge in [-0.05, 0) is 26.2 Å². The van der Waals surface area contributed by atoms with Gasteiger partial charge in [-0.1, -0.05) is 6.92 Å². The minimum absolute atomic E-state index is 0.182. The van der Waals surface area contributed by atoms with E-state index < -0.39 is 10.0 Å². The van der Waals surface area contributed by atoms with Crippen molar-refractivity contribution in [1.82, 2.24) is 4.31 Å². The maximum Gasteiger partial charge on any atom is 0.214 e. The molecular formula is C9H20N2O2S. The monoisotopic (exact) mass is 220 g/mol. The summed E-state index contributed by atoms with van der Waals surface area (Å²) in [4.78, 5) is 0. The smallest absolute Gasteiger partial charge is 0.214 e. The average Bonchev–Trinajstić information content (AvgIpc) is 2.03. The van der Waals surface area contributed by atoms with Gasteiger partial charge >= 0.3 is 0 Å². The first kappa shape index (κ1) is 11.9. The number of nitrogens with two attached hydrogens (primary N) is 1. The molecule has 14 heavy (non-hydrogen) atoms. The van der Waals surface area contributed by atoms with Crippen LogP contribution in [0.3, 0.4) is 0 Å². The standard InChI is InChI=1S/C9H20N2O2S/c1-3-8-14(12,13)11-6-4-9(2,10)5-7-11/h3-8,10H2,1-2H3. The maximum absolute atomic E-state index is 11.7. The fourth-order valence-corrected chi connectivity index (χ4v) is 3.18. The van der Waals surface area contributed by atoms with E-state index in [9.17, 15) is 8.42 Å². The molecule has 4 nitrogen and oxygen atoms in total. The molecule has 84 valence electrons. The van der Waals surface area contributed by atoms with Gasteiger partial charge in [0.25, 0.3) is 0 Å². The lowest BCUT2D eigenvalue weighted by atomic mass is 9.92. The van der Waals surface area contributed by atoms with E-state index in [1.807, 2.05) is 13.8 Å². The summed E-state index contributed by atoms with van der Waals surface area (Å²) in [5.74, 6) is 0.258. The van der Waals surface area contributed by atoms with Gasteiger partial charge in [0.2, 0.25) is 10.0 Å². The minimum atomic E-state index is -3.01. The Labute approximate surface area is 86.5 Å². The molecule has 1 rings (SSSR count). The van der Waals surface area contributed by atoms with Crippen LogP contribution in [0.15, 0.2) is 0 Å². The van der Waals surface area contributed by atoms with Crippen molar-refractivity contribution >= 4 is 10.0 Å². The van der Waals surface area contributed by atoms with Gasteiger partial charge in [0.05, 0.1) is 5.75 Å². The van der Waals surface area contributed by atoms with Crippen molar-refractivity contribution in [3.63, 3.8) is 0 Å². The summed E-state index contributed by atoms with van der Waals surface area (Å²) < 4.78 is 24.9. The van der Waals surface area contributed by atoms with Gasteiger partial charge in [0.15, 0.2) is 0 Å². The molecule has 0 aromatic carbocycles. The van der Waals surface area contributed by atoms with Gasteiger partial charge in [0.1, 0.15) is 0 Å². The first-order valence-corrected chi connectivity index (χ1v) is 6.75. The van der Waals surface area contributed by atoms with Crippen molar-refractivity contribution in [3.05, 3.63) is 0 Å². The largest absolute Gasteiger partial charge is 0.325 e. The van der Waals surface area contributed by atoms with Gasteiger partial charge in [-0.15, -0.1) is 0 Å². The van der Waals surface area contributed by atoms with E-state index >= 15 is 0 Å². The Hall–Kier alpha value is -0.130. The molecule has 0 amide bonds. The molecule has 0 saturated carbocycles. The molecule has 0 aliphatic carbocycles. The lowest BCUT2D eigenvalue weighted by molar-refractivity contribution is 0.252. The van der Waals surface area contributed by atoms with Crippen molar-refractivity contribution in [3.8, 4) is 0 Å². The van der Waals surface area contributed by atoms with Crippen LogP contribution in [0.25, 0.3) is 0 Å². The molecule has 1 aliphatic rings. The van der Waals surface area contributed by atoms with E-state index in [2.05, 4.69) is 0 Å². The molecule has 0 bridgehead atoms. The van der Waals surface area contributed by atoms with Crippen molar-refractivity contribution in [2.45, 2.75) is 38.6 Å². The Morgan fingerprint density at radius 1 is 1.36 bits per heavy atom. The predicted octanol–water partition coefficient (Wildman–Crippen LogP) is 0.539. The number of sulfonamides is 1. The number of nitrogens with zero attached hydrogens (tertiary/aromatic N) is 1. The molecule has 0 aromatic heterocycles. The lowest BCUT2D eigenvalue weighted by Crippen LogP contribution is -2.50. The predicted molar refractivity (Wildman–Crippen MR) is 57.5 cm³/mol. The highest BCUT2D eigenvalue weighted by Gasteiger charge is 2.31. The zero-order valence-corrected chi connectivity index (χ0v) is 9.81. The first-order chi connectivity index (χ1) is 6.37. The van der Waals surface area contributed by atoms with Crippen molar-refractivity contribution < 1.29 is 8.42 Å². The van der Waals surface area contributed by atoms with Gasteiger partial charge in [-0.2, -0.15) is 0 Å². The number of piperidine rings is 1. The lowest BCUT2D eigenvalue weighted by Gasteiger charge is -2.35. The van der Waals surface area contributed by atoms with Crippen LogP contribution < -0.4 is 5.73 Å². The van der Waals surface area contributed by atoms with Gasteiger partial charge in [0, 0.05) is 18.6 Å². The second-order valence-electron chi connectivity index (χ2n) is 4.37. The summed E-state index contributed by atoms with van der Waals surface area (Å²) in [6.45, 7) is 5.02. The van der Waals surface area contributed by atoms with Crippen LogP contribution in [0.1, 0.15) is 33.1 Å². The molecular weight excluding hydrogens is 200 g/mol. The van der Waals surface area contributed by atoms with Crippen LogP contribution in [-0.2, 0) is 10.0 Å². The molecule has 1 heterocycles. The normalized spacial score (nSPS) is 23.6. The SMILES string of the molecule is CCCS(=O)(=O)N1CCC(C)(N)CC1. The quantitative estimate of drug-likeness (QED) is 0.755. The summed E-state index contributed by atoms with van der Waals surface area (Å²) in [5.41, 5.74) is 5.75. The molecule has 2 N–H and O–H groups in total. The molecule has 1 saturated heterocycles. The molecule has 0 spiro atoms. The Kier molecular flexibility index (Phi) is 3.55. The Morgan fingerprint density at radius 2 is 1.86 bits per heavy atom. The molecule has 1 fully saturated rings. The minimum Gasteiger partial charge on any atom is -0.325 e. The zero-order chi connectivity index (χ0) is 10.8. The molecule has 0 radical (unpaired) electrons. The summed E-state index contributed by atoms with van der Waals surface area (Å²) in [6, 6.07) is 0. The van der Waals surface area contributed by atoms with E-state index in [4.69, 9.17) is 5.73 Å². The van der Waals surface area contributed by atoms with Crippen LogP contribution in [0.2, 0.25) is 0 Å². The van der Waals surface area contributed by atoms with Crippen LogP contribution in [0.4, 0.5) is 0 Å². The summed E-state index contributed by atoms with van der Waals surface area (Å²) >= 11 is 0. The van der Waals surface area contributed by atoms with Gasteiger partial charge < -0.3 is 5.73 Å². The van der Waals surface area contributed by atoms with Crippen molar-refractivity contribution in [1.29, 1.82) is 0 Å².